The van der Waals surface area contributed by atoms with Gasteiger partial charge in [0.1, 0.15) is 18.1 Å². The molecule has 3 aromatic carbocycles. The second-order valence-corrected chi connectivity index (χ2v) is 10.1. The molecule has 0 aromatic heterocycles. The lowest BCUT2D eigenvalue weighted by Crippen LogP contribution is -2.32. The lowest BCUT2D eigenvalue weighted by Gasteiger charge is -2.14. The first-order chi connectivity index (χ1) is 18.3. The highest BCUT2D eigenvalue weighted by Crippen LogP contribution is 2.32. The van der Waals surface area contributed by atoms with Gasteiger partial charge in [0.25, 0.3) is 17.1 Å². The Morgan fingerprint density at radius 2 is 1.74 bits per heavy atom. The SMILES string of the molecule is Cc1cccc(OCCN2C(=O)S/C(=C\c3ccc(OCC(=O)Nc4ccccc4C(C)C)cc3)C2=O)c1. The van der Waals surface area contributed by atoms with Crippen LogP contribution in [-0.4, -0.2) is 41.7 Å². The number of nitrogens with zero attached hydrogens (tertiary/aromatic N) is 1. The Bertz CT molecular complexity index is 1350. The van der Waals surface area contributed by atoms with E-state index in [2.05, 4.69) is 19.2 Å². The van der Waals surface area contributed by atoms with Crippen LogP contribution in [0.25, 0.3) is 6.08 Å². The standard InChI is InChI=1S/C30H30N2O5S/c1-20(2)25-9-4-5-10-26(25)31-28(33)19-37-23-13-11-22(12-14-23)18-27-29(34)32(30(35)38-27)15-16-36-24-8-6-7-21(3)17-24/h4-14,17-18,20H,15-16,19H2,1-3H3,(H,31,33)/b27-18-. The number of ether oxygens (including phenoxy) is 2. The van der Waals surface area contributed by atoms with Crippen molar-refractivity contribution < 1.29 is 23.9 Å². The van der Waals surface area contributed by atoms with Crippen molar-refractivity contribution in [3.05, 3.63) is 94.4 Å². The van der Waals surface area contributed by atoms with Crippen LogP contribution >= 0.6 is 11.8 Å². The summed E-state index contributed by atoms with van der Waals surface area (Å²) < 4.78 is 11.3. The largest absolute Gasteiger partial charge is 0.492 e. The van der Waals surface area contributed by atoms with Crippen LogP contribution in [0.4, 0.5) is 10.5 Å². The van der Waals surface area contributed by atoms with Crippen molar-refractivity contribution in [2.24, 2.45) is 0 Å². The molecule has 0 atom stereocenters. The van der Waals surface area contributed by atoms with Gasteiger partial charge in [-0.25, -0.2) is 0 Å². The lowest BCUT2D eigenvalue weighted by molar-refractivity contribution is -0.123. The zero-order chi connectivity index (χ0) is 27.1. The summed E-state index contributed by atoms with van der Waals surface area (Å²) >= 11 is 0.906. The number of nitrogens with one attached hydrogen (secondary N) is 1. The quantitative estimate of drug-likeness (QED) is 0.312. The van der Waals surface area contributed by atoms with E-state index in [9.17, 15) is 14.4 Å². The molecule has 0 spiro atoms. The normalized spacial score (nSPS) is 14.3. The number of para-hydroxylation sites is 1. The second-order valence-electron chi connectivity index (χ2n) is 9.15. The molecular weight excluding hydrogens is 500 g/mol. The number of hydrogen-bond acceptors (Lipinski definition) is 6. The van der Waals surface area contributed by atoms with Crippen LogP contribution in [-0.2, 0) is 9.59 Å². The van der Waals surface area contributed by atoms with Crippen LogP contribution < -0.4 is 14.8 Å². The predicted molar refractivity (Wildman–Crippen MR) is 150 cm³/mol. The summed E-state index contributed by atoms with van der Waals surface area (Å²) in [5.74, 6) is 0.922. The third-order valence-corrected chi connectivity index (χ3v) is 6.76. The predicted octanol–water partition coefficient (Wildman–Crippen LogP) is 6.25. The lowest BCUT2D eigenvalue weighted by atomic mass is 10.0. The van der Waals surface area contributed by atoms with Gasteiger partial charge in [-0.05, 0) is 77.7 Å². The summed E-state index contributed by atoms with van der Waals surface area (Å²) in [7, 11) is 0. The minimum atomic E-state index is -0.341. The number of carbonyl (C=O) groups is 3. The zero-order valence-corrected chi connectivity index (χ0v) is 22.4. The molecule has 3 aromatic rings. The molecule has 7 nitrogen and oxygen atoms in total. The highest BCUT2D eigenvalue weighted by atomic mass is 32.2. The van der Waals surface area contributed by atoms with Gasteiger partial charge in [-0.15, -0.1) is 0 Å². The Morgan fingerprint density at radius 3 is 2.47 bits per heavy atom. The molecule has 3 amide bonds. The van der Waals surface area contributed by atoms with Crippen molar-refractivity contribution in [1.82, 2.24) is 4.90 Å². The first kappa shape index (κ1) is 27.0. The second kappa shape index (κ2) is 12.5. The molecule has 0 radical (unpaired) electrons. The number of imide groups is 1. The van der Waals surface area contributed by atoms with Crippen LogP contribution in [0, 0.1) is 6.92 Å². The topological polar surface area (TPSA) is 84.9 Å². The molecule has 1 N–H and O–H groups in total. The van der Waals surface area contributed by atoms with Crippen molar-refractivity contribution in [2.75, 3.05) is 25.1 Å². The summed E-state index contributed by atoms with van der Waals surface area (Å²) in [6, 6.07) is 22.3. The van der Waals surface area contributed by atoms with Crippen molar-refractivity contribution in [2.45, 2.75) is 26.7 Å². The molecule has 0 bridgehead atoms. The maximum atomic E-state index is 12.8. The Labute approximate surface area is 226 Å². The molecule has 196 valence electrons. The molecule has 1 heterocycles. The van der Waals surface area contributed by atoms with Crippen molar-refractivity contribution >= 4 is 40.6 Å². The first-order valence-electron chi connectivity index (χ1n) is 12.4. The first-order valence-corrected chi connectivity index (χ1v) is 13.2. The van der Waals surface area contributed by atoms with E-state index in [1.54, 1.807) is 30.3 Å². The van der Waals surface area contributed by atoms with E-state index in [4.69, 9.17) is 9.47 Å². The van der Waals surface area contributed by atoms with E-state index >= 15 is 0 Å². The molecule has 8 heteroatoms. The fraction of sp³-hybridized carbons (Fsp3) is 0.233. The van der Waals surface area contributed by atoms with E-state index in [1.807, 2.05) is 55.5 Å². The van der Waals surface area contributed by atoms with E-state index in [-0.39, 0.29) is 42.7 Å². The summed E-state index contributed by atoms with van der Waals surface area (Å²) in [6.07, 6.45) is 1.67. The molecule has 4 rings (SSSR count). The highest BCUT2D eigenvalue weighted by Gasteiger charge is 2.34. The van der Waals surface area contributed by atoms with Crippen molar-refractivity contribution in [1.29, 1.82) is 0 Å². The van der Waals surface area contributed by atoms with Crippen LogP contribution in [0.2, 0.25) is 0 Å². The number of amides is 3. The van der Waals surface area contributed by atoms with Gasteiger partial charge in [0.05, 0.1) is 11.4 Å². The average Bonchev–Trinajstić information content (AvgIpc) is 3.16. The Morgan fingerprint density at radius 1 is 0.974 bits per heavy atom. The smallest absolute Gasteiger partial charge is 0.293 e. The third-order valence-electron chi connectivity index (χ3n) is 5.85. The fourth-order valence-electron chi connectivity index (χ4n) is 3.91. The molecule has 38 heavy (non-hydrogen) atoms. The van der Waals surface area contributed by atoms with E-state index in [1.165, 1.54) is 4.90 Å². The third kappa shape index (κ3) is 7.04. The minimum Gasteiger partial charge on any atom is -0.492 e. The Balaban J connectivity index is 1.29. The Kier molecular flexibility index (Phi) is 8.86. The summed E-state index contributed by atoms with van der Waals surface area (Å²) in [6.45, 7) is 6.38. The number of thioether (sulfide) groups is 1. The van der Waals surface area contributed by atoms with E-state index in [0.717, 1.165) is 34.1 Å². The molecule has 0 saturated carbocycles. The van der Waals surface area contributed by atoms with Gasteiger partial charge in [0, 0.05) is 5.69 Å². The Hall–Kier alpha value is -4.04. The van der Waals surface area contributed by atoms with Crippen LogP contribution in [0.15, 0.2) is 77.7 Å². The van der Waals surface area contributed by atoms with Gasteiger partial charge >= 0.3 is 0 Å². The number of benzene rings is 3. The maximum absolute atomic E-state index is 12.8. The van der Waals surface area contributed by atoms with Gasteiger partial charge in [-0.1, -0.05) is 56.3 Å². The number of aryl methyl sites for hydroxylation is 1. The summed E-state index contributed by atoms with van der Waals surface area (Å²) in [4.78, 5) is 39.1. The number of anilines is 1. The monoisotopic (exact) mass is 530 g/mol. The molecule has 1 aliphatic rings. The number of hydrogen-bond donors (Lipinski definition) is 1. The maximum Gasteiger partial charge on any atom is 0.293 e. The molecule has 1 aliphatic heterocycles. The van der Waals surface area contributed by atoms with Crippen LogP contribution in [0.1, 0.15) is 36.5 Å². The van der Waals surface area contributed by atoms with Gasteiger partial charge in [-0.3, -0.25) is 19.3 Å². The van der Waals surface area contributed by atoms with Crippen LogP contribution in [0.3, 0.4) is 0 Å². The van der Waals surface area contributed by atoms with E-state index in [0.29, 0.717) is 16.4 Å². The van der Waals surface area contributed by atoms with Crippen molar-refractivity contribution in [3.8, 4) is 11.5 Å². The number of rotatable bonds is 10. The molecule has 1 saturated heterocycles. The zero-order valence-electron chi connectivity index (χ0n) is 21.6. The molecule has 0 unspecified atom stereocenters. The van der Waals surface area contributed by atoms with Gasteiger partial charge in [0.15, 0.2) is 6.61 Å². The summed E-state index contributed by atoms with van der Waals surface area (Å²) in [5.41, 5.74) is 3.66. The molecule has 0 aliphatic carbocycles. The average molecular weight is 531 g/mol. The van der Waals surface area contributed by atoms with Gasteiger partial charge in [0.2, 0.25) is 0 Å². The summed E-state index contributed by atoms with van der Waals surface area (Å²) in [5, 5.41) is 2.58. The molecular formula is C30H30N2O5S. The molecule has 1 fully saturated rings. The van der Waals surface area contributed by atoms with Gasteiger partial charge < -0.3 is 14.8 Å². The van der Waals surface area contributed by atoms with E-state index < -0.39 is 0 Å². The van der Waals surface area contributed by atoms with Gasteiger partial charge in [-0.2, -0.15) is 0 Å². The van der Waals surface area contributed by atoms with Crippen LogP contribution in [0.5, 0.6) is 11.5 Å². The highest BCUT2D eigenvalue weighted by molar-refractivity contribution is 8.18. The minimum absolute atomic E-state index is 0.130. The number of carbonyl (C=O) groups excluding carboxylic acids is 3. The van der Waals surface area contributed by atoms with Crippen molar-refractivity contribution in [3.63, 3.8) is 0 Å². The fourth-order valence-corrected chi connectivity index (χ4v) is 4.78.